The zero-order chi connectivity index (χ0) is 16.7. The summed E-state index contributed by atoms with van der Waals surface area (Å²) in [7, 11) is 0. The molecule has 0 bridgehead atoms. The summed E-state index contributed by atoms with van der Waals surface area (Å²) in [6, 6.07) is 2.13. The Morgan fingerprint density at radius 1 is 1.42 bits per heavy atom. The smallest absolute Gasteiger partial charge is 0.323 e. The molecule has 11 heteroatoms. The fraction of sp³-hybridized carbons (Fsp3) is 0.385. The molecule has 1 aliphatic rings. The summed E-state index contributed by atoms with van der Waals surface area (Å²) in [5.41, 5.74) is 0.460. The van der Waals surface area contributed by atoms with E-state index in [4.69, 9.17) is 16.7 Å². The first-order valence-corrected chi connectivity index (χ1v) is 7.74. The third-order valence-corrected chi connectivity index (χ3v) is 3.93. The van der Waals surface area contributed by atoms with Crippen molar-refractivity contribution in [3.8, 4) is 0 Å². The first kappa shape index (κ1) is 14.8. The van der Waals surface area contributed by atoms with Gasteiger partial charge in [0.05, 0.1) is 18.0 Å². The van der Waals surface area contributed by atoms with Gasteiger partial charge in [-0.15, -0.1) is 5.10 Å². The maximum Gasteiger partial charge on any atom is 0.323 e. The van der Waals surface area contributed by atoms with Crippen molar-refractivity contribution < 1.29 is 9.90 Å². The Kier molecular flexibility index (Phi) is 3.53. The number of hydrogen-bond donors (Lipinski definition) is 2. The minimum atomic E-state index is -0.958. The van der Waals surface area contributed by atoms with Crippen molar-refractivity contribution in [2.24, 2.45) is 0 Å². The first-order valence-electron chi connectivity index (χ1n) is 7.36. The van der Waals surface area contributed by atoms with E-state index >= 15 is 0 Å². The number of aromatic nitrogens is 7. The number of tetrazole rings is 1. The molecule has 124 valence electrons. The van der Waals surface area contributed by atoms with Crippen LogP contribution < -0.4 is 5.32 Å². The van der Waals surface area contributed by atoms with Crippen molar-refractivity contribution in [2.45, 2.75) is 32.0 Å². The Bertz CT molecular complexity index is 916. The van der Waals surface area contributed by atoms with E-state index in [0.717, 1.165) is 12.8 Å². The number of carboxylic acid groups (broad SMARTS) is 1. The molecule has 0 saturated heterocycles. The molecule has 0 aromatic carbocycles. The van der Waals surface area contributed by atoms with Crippen LogP contribution in [0.1, 0.15) is 24.7 Å². The average Bonchev–Trinajstić information content (AvgIpc) is 3.15. The average molecular weight is 349 g/mol. The summed E-state index contributed by atoms with van der Waals surface area (Å²) in [4.78, 5) is 19.2. The maximum absolute atomic E-state index is 10.9. The van der Waals surface area contributed by atoms with E-state index in [1.54, 1.807) is 12.3 Å². The third kappa shape index (κ3) is 2.75. The molecule has 3 aromatic rings. The molecule has 2 N–H and O–H groups in total. The minimum absolute atomic E-state index is 0.0390. The lowest BCUT2D eigenvalue weighted by Gasteiger charge is -2.08. The number of anilines is 1. The number of nitrogens with zero attached hydrogens (tertiary/aromatic N) is 7. The minimum Gasteiger partial charge on any atom is -0.480 e. The van der Waals surface area contributed by atoms with Gasteiger partial charge in [-0.25, -0.2) is 9.67 Å². The Balaban J connectivity index is 1.62. The molecule has 3 aromatic heterocycles. The highest BCUT2D eigenvalue weighted by Gasteiger charge is 2.27. The molecule has 3 heterocycles. The number of aliphatic carboxylic acids is 1. The topological polar surface area (TPSA) is 124 Å². The molecule has 0 radical (unpaired) electrons. The molecule has 1 fully saturated rings. The largest absolute Gasteiger partial charge is 0.480 e. The van der Waals surface area contributed by atoms with Crippen LogP contribution >= 0.6 is 11.6 Å². The van der Waals surface area contributed by atoms with E-state index < -0.39 is 5.97 Å². The number of nitrogens with one attached hydrogen (secondary N) is 1. The molecule has 0 aliphatic heterocycles. The number of carboxylic acids is 1. The predicted molar refractivity (Wildman–Crippen MR) is 83.6 cm³/mol. The van der Waals surface area contributed by atoms with Crippen molar-refractivity contribution in [1.29, 1.82) is 0 Å². The van der Waals surface area contributed by atoms with Gasteiger partial charge in [-0.05, 0) is 40.9 Å². The zero-order valence-corrected chi connectivity index (χ0v) is 13.2. The Morgan fingerprint density at radius 2 is 2.25 bits per heavy atom. The summed E-state index contributed by atoms with van der Waals surface area (Å²) in [6.07, 6.45) is 3.81. The summed E-state index contributed by atoms with van der Waals surface area (Å²) < 4.78 is 3.31. The van der Waals surface area contributed by atoms with E-state index in [-0.39, 0.29) is 11.8 Å². The monoisotopic (exact) mass is 348 g/mol. The number of fused-ring (bicyclic) bond motifs is 1. The van der Waals surface area contributed by atoms with Crippen LogP contribution in [-0.4, -0.2) is 45.8 Å². The molecule has 10 nitrogen and oxygen atoms in total. The molecule has 24 heavy (non-hydrogen) atoms. The number of hydrogen-bond acceptors (Lipinski definition) is 7. The van der Waals surface area contributed by atoms with Gasteiger partial charge < -0.3 is 15.0 Å². The van der Waals surface area contributed by atoms with E-state index in [1.807, 2.05) is 4.68 Å². The molecule has 0 unspecified atom stereocenters. The molecular formula is C13H13ClN8O2. The van der Waals surface area contributed by atoms with E-state index in [9.17, 15) is 4.79 Å². The van der Waals surface area contributed by atoms with Crippen LogP contribution in [0.25, 0.3) is 11.0 Å². The van der Waals surface area contributed by atoms with Gasteiger partial charge >= 0.3 is 5.97 Å². The SMILES string of the molecule is O=C(O)Cn1ccc2c(NCc3nnnn3C3CC3)nc(Cl)nc21. The van der Waals surface area contributed by atoms with Crippen LogP contribution in [0, 0.1) is 0 Å². The van der Waals surface area contributed by atoms with E-state index in [0.29, 0.717) is 35.3 Å². The van der Waals surface area contributed by atoms with E-state index in [1.165, 1.54) is 4.57 Å². The second kappa shape index (κ2) is 5.71. The van der Waals surface area contributed by atoms with Crippen LogP contribution in [-0.2, 0) is 17.9 Å². The highest BCUT2D eigenvalue weighted by Crippen LogP contribution is 2.34. The van der Waals surface area contributed by atoms with Crippen molar-refractivity contribution >= 4 is 34.4 Å². The molecule has 0 atom stereocenters. The summed E-state index contributed by atoms with van der Waals surface area (Å²) in [6.45, 7) is 0.187. The fourth-order valence-corrected chi connectivity index (χ4v) is 2.71. The Hall–Kier alpha value is -2.75. The highest BCUT2D eigenvalue weighted by molar-refractivity contribution is 6.28. The first-order chi connectivity index (χ1) is 11.6. The number of rotatable bonds is 6. The van der Waals surface area contributed by atoms with Gasteiger partial charge in [0.15, 0.2) is 5.82 Å². The second-order valence-electron chi connectivity index (χ2n) is 5.54. The Morgan fingerprint density at radius 3 is 3.00 bits per heavy atom. The molecule has 4 rings (SSSR count). The van der Waals surface area contributed by atoms with Crippen LogP contribution in [0.15, 0.2) is 12.3 Å². The molecule has 0 amide bonds. The molecule has 1 saturated carbocycles. The van der Waals surface area contributed by atoms with Gasteiger partial charge in [-0.1, -0.05) is 0 Å². The van der Waals surface area contributed by atoms with Crippen molar-refractivity contribution in [3.05, 3.63) is 23.4 Å². The van der Waals surface area contributed by atoms with Crippen molar-refractivity contribution in [2.75, 3.05) is 5.32 Å². The normalized spacial score (nSPS) is 14.2. The van der Waals surface area contributed by atoms with Crippen LogP contribution in [0.5, 0.6) is 0 Å². The number of carbonyl (C=O) groups is 1. The van der Waals surface area contributed by atoms with Crippen LogP contribution in [0.2, 0.25) is 5.28 Å². The lowest BCUT2D eigenvalue weighted by atomic mass is 10.3. The molecular weight excluding hydrogens is 336 g/mol. The van der Waals surface area contributed by atoms with Gasteiger partial charge in [-0.3, -0.25) is 4.79 Å². The van der Waals surface area contributed by atoms with Crippen LogP contribution in [0.3, 0.4) is 0 Å². The quantitative estimate of drug-likeness (QED) is 0.635. The van der Waals surface area contributed by atoms with Crippen molar-refractivity contribution in [1.82, 2.24) is 34.7 Å². The lowest BCUT2D eigenvalue weighted by Crippen LogP contribution is -2.11. The zero-order valence-electron chi connectivity index (χ0n) is 12.4. The second-order valence-corrected chi connectivity index (χ2v) is 5.88. The number of halogens is 1. The maximum atomic E-state index is 10.9. The summed E-state index contributed by atoms with van der Waals surface area (Å²) in [5.74, 6) is 0.269. The van der Waals surface area contributed by atoms with Crippen LogP contribution in [0.4, 0.5) is 5.82 Å². The predicted octanol–water partition coefficient (Wildman–Crippen LogP) is 1.10. The van der Waals surface area contributed by atoms with Crippen molar-refractivity contribution in [3.63, 3.8) is 0 Å². The van der Waals surface area contributed by atoms with Gasteiger partial charge in [0.2, 0.25) is 5.28 Å². The standard InChI is InChI=1S/C13H13ClN8O2/c14-13-16-11(8-3-4-21(6-10(23)24)12(8)17-13)15-5-9-18-19-20-22(9)7-1-2-7/h3-4,7H,1-2,5-6H2,(H,23,24)(H,15,16,17). The highest BCUT2D eigenvalue weighted by atomic mass is 35.5. The Labute approximate surface area is 140 Å². The summed E-state index contributed by atoms with van der Waals surface area (Å²) in [5, 5.41) is 24.6. The van der Waals surface area contributed by atoms with Gasteiger partial charge in [0, 0.05) is 6.20 Å². The van der Waals surface area contributed by atoms with Gasteiger partial charge in [-0.2, -0.15) is 4.98 Å². The fourth-order valence-electron chi connectivity index (χ4n) is 2.54. The molecule has 0 spiro atoms. The lowest BCUT2D eigenvalue weighted by molar-refractivity contribution is -0.137. The van der Waals surface area contributed by atoms with Gasteiger partial charge in [0.25, 0.3) is 0 Å². The molecule has 1 aliphatic carbocycles. The van der Waals surface area contributed by atoms with E-state index in [2.05, 4.69) is 30.8 Å². The summed E-state index contributed by atoms with van der Waals surface area (Å²) >= 11 is 5.97. The third-order valence-electron chi connectivity index (χ3n) is 3.76. The van der Waals surface area contributed by atoms with Gasteiger partial charge in [0.1, 0.15) is 18.0 Å².